The van der Waals surface area contributed by atoms with Crippen molar-refractivity contribution in [2.24, 2.45) is 0 Å². The Labute approximate surface area is 152 Å². The molecule has 2 aromatic heterocycles. The smallest absolute Gasteiger partial charge is 0.123 e. The summed E-state index contributed by atoms with van der Waals surface area (Å²) in [5.74, 6) is -0.236. The summed E-state index contributed by atoms with van der Waals surface area (Å²) in [5.41, 5.74) is 4.04. The third kappa shape index (κ3) is 3.13. The van der Waals surface area contributed by atoms with E-state index in [4.69, 9.17) is 5.10 Å². The maximum Gasteiger partial charge on any atom is 0.123 e. The predicted molar refractivity (Wildman–Crippen MR) is 100 cm³/mol. The van der Waals surface area contributed by atoms with Crippen molar-refractivity contribution in [3.8, 4) is 22.4 Å². The SMILES string of the molecule is CCN1CCNCC1n1ncc(-c2ccncc2)c1-c1ccc(F)cc1. The maximum absolute atomic E-state index is 13.5. The zero-order valence-corrected chi connectivity index (χ0v) is 14.8. The van der Waals surface area contributed by atoms with Crippen LogP contribution >= 0.6 is 0 Å². The highest BCUT2D eigenvalue weighted by molar-refractivity contribution is 5.80. The van der Waals surface area contributed by atoms with Gasteiger partial charge < -0.3 is 5.32 Å². The van der Waals surface area contributed by atoms with E-state index in [0.717, 1.165) is 48.6 Å². The van der Waals surface area contributed by atoms with Crippen LogP contribution < -0.4 is 5.32 Å². The highest BCUT2D eigenvalue weighted by Crippen LogP contribution is 2.34. The molecule has 1 aliphatic rings. The van der Waals surface area contributed by atoms with Crippen LogP contribution in [0.2, 0.25) is 0 Å². The summed E-state index contributed by atoms with van der Waals surface area (Å²) in [7, 11) is 0. The van der Waals surface area contributed by atoms with Crippen molar-refractivity contribution < 1.29 is 4.39 Å². The van der Waals surface area contributed by atoms with Gasteiger partial charge in [-0.05, 0) is 48.5 Å². The summed E-state index contributed by atoms with van der Waals surface area (Å²) in [6.45, 7) is 5.92. The van der Waals surface area contributed by atoms with Gasteiger partial charge in [0.25, 0.3) is 0 Å². The number of likely N-dealkylation sites (N-methyl/N-ethyl adjacent to an activating group) is 1. The molecule has 6 heteroatoms. The second-order valence-corrected chi connectivity index (χ2v) is 6.41. The molecule has 0 bridgehead atoms. The van der Waals surface area contributed by atoms with E-state index in [1.165, 1.54) is 12.1 Å². The lowest BCUT2D eigenvalue weighted by Crippen LogP contribution is -2.48. The Kier molecular flexibility index (Phi) is 4.77. The number of hydrogen-bond donors (Lipinski definition) is 1. The molecule has 0 radical (unpaired) electrons. The van der Waals surface area contributed by atoms with Gasteiger partial charge in [0, 0.05) is 43.2 Å². The number of nitrogens with one attached hydrogen (secondary N) is 1. The fourth-order valence-electron chi connectivity index (χ4n) is 3.57. The molecular formula is C20H22FN5. The second-order valence-electron chi connectivity index (χ2n) is 6.41. The second kappa shape index (κ2) is 7.35. The minimum atomic E-state index is -0.236. The number of rotatable bonds is 4. The molecule has 1 atom stereocenters. The van der Waals surface area contributed by atoms with Crippen LogP contribution in [-0.4, -0.2) is 45.8 Å². The van der Waals surface area contributed by atoms with Gasteiger partial charge >= 0.3 is 0 Å². The van der Waals surface area contributed by atoms with Gasteiger partial charge in [0.05, 0.1) is 11.9 Å². The van der Waals surface area contributed by atoms with Gasteiger partial charge in [0.15, 0.2) is 0 Å². The Morgan fingerprint density at radius 3 is 2.62 bits per heavy atom. The van der Waals surface area contributed by atoms with E-state index in [1.807, 2.05) is 30.5 Å². The van der Waals surface area contributed by atoms with Crippen molar-refractivity contribution >= 4 is 0 Å². The lowest BCUT2D eigenvalue weighted by Gasteiger charge is -2.36. The molecular weight excluding hydrogens is 329 g/mol. The minimum Gasteiger partial charge on any atom is -0.312 e. The number of aromatic nitrogens is 3. The zero-order chi connectivity index (χ0) is 17.9. The molecule has 3 aromatic rings. The van der Waals surface area contributed by atoms with Gasteiger partial charge in [0.1, 0.15) is 12.0 Å². The minimum absolute atomic E-state index is 0.129. The van der Waals surface area contributed by atoms with Crippen LogP contribution in [0.1, 0.15) is 13.1 Å². The number of piperazine rings is 1. The summed E-state index contributed by atoms with van der Waals surface area (Å²) in [5, 5.41) is 8.20. The molecule has 1 unspecified atom stereocenters. The van der Waals surface area contributed by atoms with E-state index in [-0.39, 0.29) is 12.0 Å². The average Bonchev–Trinajstić information content (AvgIpc) is 3.14. The van der Waals surface area contributed by atoms with Crippen LogP contribution in [-0.2, 0) is 0 Å². The normalized spacial score (nSPS) is 18.2. The van der Waals surface area contributed by atoms with Crippen LogP contribution in [0.15, 0.2) is 55.0 Å². The molecule has 134 valence electrons. The van der Waals surface area contributed by atoms with E-state index in [1.54, 1.807) is 12.4 Å². The fraction of sp³-hybridized carbons (Fsp3) is 0.300. The largest absolute Gasteiger partial charge is 0.312 e. The molecule has 5 nitrogen and oxygen atoms in total. The van der Waals surface area contributed by atoms with Gasteiger partial charge in [-0.15, -0.1) is 0 Å². The Hall–Kier alpha value is -2.57. The average molecular weight is 351 g/mol. The van der Waals surface area contributed by atoms with Crippen LogP contribution in [0.3, 0.4) is 0 Å². The molecule has 1 aromatic carbocycles. The molecule has 1 fully saturated rings. The first-order valence-electron chi connectivity index (χ1n) is 8.96. The van der Waals surface area contributed by atoms with Gasteiger partial charge in [-0.2, -0.15) is 5.10 Å². The number of nitrogens with zero attached hydrogens (tertiary/aromatic N) is 4. The third-order valence-corrected chi connectivity index (χ3v) is 4.92. The van der Waals surface area contributed by atoms with Crippen molar-refractivity contribution in [1.29, 1.82) is 0 Å². The molecule has 3 heterocycles. The number of pyridine rings is 1. The zero-order valence-electron chi connectivity index (χ0n) is 14.8. The topological polar surface area (TPSA) is 46.0 Å². The number of hydrogen-bond acceptors (Lipinski definition) is 4. The van der Waals surface area contributed by atoms with E-state index in [9.17, 15) is 4.39 Å². The number of benzene rings is 1. The first-order chi connectivity index (χ1) is 12.8. The van der Waals surface area contributed by atoms with E-state index >= 15 is 0 Å². The maximum atomic E-state index is 13.5. The highest BCUT2D eigenvalue weighted by Gasteiger charge is 2.27. The lowest BCUT2D eigenvalue weighted by molar-refractivity contribution is 0.106. The summed E-state index contributed by atoms with van der Waals surface area (Å²) in [6.07, 6.45) is 5.59. The molecule has 1 aliphatic heterocycles. The third-order valence-electron chi connectivity index (χ3n) is 4.92. The van der Waals surface area contributed by atoms with Crippen molar-refractivity contribution in [2.75, 3.05) is 26.2 Å². The summed E-state index contributed by atoms with van der Waals surface area (Å²) in [4.78, 5) is 6.52. The van der Waals surface area contributed by atoms with Crippen molar-refractivity contribution in [2.45, 2.75) is 13.1 Å². The predicted octanol–water partition coefficient (Wildman–Crippen LogP) is 3.17. The fourth-order valence-corrected chi connectivity index (χ4v) is 3.57. The standard InChI is InChI=1S/C20H22FN5/c1-2-25-12-11-23-14-19(25)26-20(16-3-5-17(21)6-4-16)18(13-24-26)15-7-9-22-10-8-15/h3-10,13,19,23H,2,11-12,14H2,1H3. The van der Waals surface area contributed by atoms with Gasteiger partial charge in [-0.25, -0.2) is 9.07 Å². The van der Waals surface area contributed by atoms with Crippen molar-refractivity contribution in [1.82, 2.24) is 25.0 Å². The van der Waals surface area contributed by atoms with Crippen molar-refractivity contribution in [3.63, 3.8) is 0 Å². The van der Waals surface area contributed by atoms with Gasteiger partial charge in [-0.1, -0.05) is 6.92 Å². The Bertz CT molecular complexity index is 860. The Balaban J connectivity index is 1.86. The Morgan fingerprint density at radius 1 is 1.12 bits per heavy atom. The molecule has 0 saturated carbocycles. The van der Waals surface area contributed by atoms with E-state index < -0.39 is 0 Å². The Morgan fingerprint density at radius 2 is 1.88 bits per heavy atom. The van der Waals surface area contributed by atoms with Crippen molar-refractivity contribution in [3.05, 3.63) is 60.8 Å². The van der Waals surface area contributed by atoms with Crippen LogP contribution in [0.5, 0.6) is 0 Å². The summed E-state index contributed by atoms with van der Waals surface area (Å²) in [6, 6.07) is 10.6. The van der Waals surface area contributed by atoms with Gasteiger partial charge in [0.2, 0.25) is 0 Å². The van der Waals surface area contributed by atoms with Crippen LogP contribution in [0.4, 0.5) is 4.39 Å². The summed E-state index contributed by atoms with van der Waals surface area (Å²) >= 11 is 0. The molecule has 0 spiro atoms. The molecule has 0 amide bonds. The highest BCUT2D eigenvalue weighted by atomic mass is 19.1. The molecule has 1 N–H and O–H groups in total. The number of halogens is 1. The van der Waals surface area contributed by atoms with Crippen LogP contribution in [0.25, 0.3) is 22.4 Å². The van der Waals surface area contributed by atoms with E-state index in [0.29, 0.717) is 0 Å². The summed E-state index contributed by atoms with van der Waals surface area (Å²) < 4.78 is 15.5. The monoisotopic (exact) mass is 351 g/mol. The van der Waals surface area contributed by atoms with Gasteiger partial charge in [-0.3, -0.25) is 9.88 Å². The quantitative estimate of drug-likeness (QED) is 0.784. The molecule has 4 rings (SSSR count). The molecule has 1 saturated heterocycles. The first kappa shape index (κ1) is 16.9. The first-order valence-corrected chi connectivity index (χ1v) is 8.96. The molecule has 26 heavy (non-hydrogen) atoms. The molecule has 0 aliphatic carbocycles. The lowest BCUT2D eigenvalue weighted by atomic mass is 10.0. The van der Waals surface area contributed by atoms with E-state index in [2.05, 4.69) is 26.8 Å². The van der Waals surface area contributed by atoms with Crippen LogP contribution in [0, 0.1) is 5.82 Å².